The van der Waals surface area contributed by atoms with Crippen LogP contribution in [0, 0.1) is 5.92 Å². The number of alkyl halides is 3. The van der Waals surface area contributed by atoms with E-state index in [9.17, 15) is 22.8 Å². The lowest BCUT2D eigenvalue weighted by molar-refractivity contribution is -0.144. The largest absolute Gasteiger partial charge is 0.467 e. The van der Waals surface area contributed by atoms with Crippen LogP contribution in [0.15, 0.2) is 24.3 Å². The Balaban J connectivity index is 2.78. The fraction of sp³-hybridized carbons (Fsp3) is 0.429. The van der Waals surface area contributed by atoms with Crippen molar-refractivity contribution in [3.8, 4) is 0 Å². The Morgan fingerprint density at radius 2 is 1.86 bits per heavy atom. The molecule has 122 valence electrons. The van der Waals surface area contributed by atoms with Crippen molar-refractivity contribution in [1.82, 2.24) is 5.32 Å². The smallest absolute Gasteiger partial charge is 0.416 e. The number of ether oxygens (including phenoxy) is 1. The van der Waals surface area contributed by atoms with Gasteiger partial charge in [-0.2, -0.15) is 13.2 Å². The second-order valence-electron chi connectivity index (χ2n) is 4.92. The molecule has 0 aromatic heterocycles. The van der Waals surface area contributed by atoms with Crippen molar-refractivity contribution < 1.29 is 27.5 Å². The average Bonchev–Trinajstić information content (AvgIpc) is 2.43. The highest BCUT2D eigenvalue weighted by Gasteiger charge is 2.30. The van der Waals surface area contributed by atoms with E-state index in [0.29, 0.717) is 0 Å². The van der Waals surface area contributed by atoms with Crippen LogP contribution in [0.2, 0.25) is 0 Å². The lowest BCUT2D eigenvalue weighted by Gasteiger charge is -2.20. The molecule has 0 aliphatic heterocycles. The molecule has 0 bridgehead atoms. The predicted octanol–water partition coefficient (Wildman–Crippen LogP) is 3.02. The third-order valence-corrected chi connectivity index (χ3v) is 2.86. The highest BCUT2D eigenvalue weighted by Crippen LogP contribution is 2.30. The number of carbonyl (C=O) groups excluding carboxylic acids is 2. The second kappa shape index (κ2) is 7.15. The van der Waals surface area contributed by atoms with Gasteiger partial charge in [0.25, 0.3) is 0 Å². The number of methoxy groups -OCH3 is 1. The zero-order valence-corrected chi connectivity index (χ0v) is 12.3. The third kappa shape index (κ3) is 4.94. The molecule has 0 heterocycles. The number of hydrogen-bond acceptors (Lipinski definition) is 3. The molecule has 0 spiro atoms. The van der Waals surface area contributed by atoms with Gasteiger partial charge in [0.2, 0.25) is 0 Å². The van der Waals surface area contributed by atoms with Crippen molar-refractivity contribution in [2.45, 2.75) is 26.1 Å². The summed E-state index contributed by atoms with van der Waals surface area (Å²) in [6, 6.07) is 2.52. The summed E-state index contributed by atoms with van der Waals surface area (Å²) in [5, 5.41) is 4.63. The van der Waals surface area contributed by atoms with Crippen molar-refractivity contribution in [3.63, 3.8) is 0 Å². The highest BCUT2D eigenvalue weighted by molar-refractivity contribution is 5.92. The monoisotopic (exact) mass is 318 g/mol. The summed E-state index contributed by atoms with van der Waals surface area (Å²) < 4.78 is 42.3. The maximum atomic E-state index is 12.6. The number of hydrogen-bond donors (Lipinski definition) is 2. The maximum Gasteiger partial charge on any atom is 0.416 e. The first-order chi connectivity index (χ1) is 10.1. The molecule has 1 rings (SSSR count). The second-order valence-corrected chi connectivity index (χ2v) is 4.92. The number of anilines is 1. The lowest BCUT2D eigenvalue weighted by atomic mass is 10.1. The zero-order chi connectivity index (χ0) is 16.9. The zero-order valence-electron chi connectivity index (χ0n) is 12.3. The van der Waals surface area contributed by atoms with Gasteiger partial charge in [-0.3, -0.25) is 0 Å². The average molecular weight is 318 g/mol. The summed E-state index contributed by atoms with van der Waals surface area (Å²) in [4.78, 5) is 23.3. The number of halogens is 3. The standard InChI is InChI=1S/C14H17F3N2O3/c1-8(2)11(12(20)22-3)19-13(21)18-10-6-4-5-9(7-10)14(15,16)17/h4-8,11H,1-3H3,(H2,18,19,21)/t11-/m0/s1. The Bertz CT molecular complexity index is 544. The summed E-state index contributed by atoms with van der Waals surface area (Å²) in [6.07, 6.45) is -4.50. The van der Waals surface area contributed by atoms with Crippen molar-refractivity contribution >= 4 is 17.7 Å². The summed E-state index contributed by atoms with van der Waals surface area (Å²) >= 11 is 0. The molecular weight excluding hydrogens is 301 g/mol. The predicted molar refractivity (Wildman–Crippen MR) is 74.2 cm³/mol. The van der Waals surface area contributed by atoms with Gasteiger partial charge in [0.1, 0.15) is 6.04 Å². The number of benzene rings is 1. The Kier molecular flexibility index (Phi) is 5.78. The molecule has 1 aromatic carbocycles. The molecule has 22 heavy (non-hydrogen) atoms. The van der Waals surface area contributed by atoms with Gasteiger partial charge >= 0.3 is 18.2 Å². The van der Waals surface area contributed by atoms with Gasteiger partial charge in [0, 0.05) is 5.69 Å². The van der Waals surface area contributed by atoms with Crippen LogP contribution in [0.3, 0.4) is 0 Å². The fourth-order valence-corrected chi connectivity index (χ4v) is 1.71. The van der Waals surface area contributed by atoms with E-state index in [1.165, 1.54) is 19.2 Å². The van der Waals surface area contributed by atoms with Gasteiger partial charge in [-0.05, 0) is 24.1 Å². The van der Waals surface area contributed by atoms with Crippen molar-refractivity contribution in [2.75, 3.05) is 12.4 Å². The van der Waals surface area contributed by atoms with Crippen LogP contribution in [-0.4, -0.2) is 25.2 Å². The Morgan fingerprint density at radius 1 is 1.23 bits per heavy atom. The van der Waals surface area contributed by atoms with E-state index < -0.39 is 29.8 Å². The minimum absolute atomic E-state index is 0.0281. The van der Waals surface area contributed by atoms with E-state index in [0.717, 1.165) is 12.1 Å². The summed E-state index contributed by atoms with van der Waals surface area (Å²) in [6.45, 7) is 3.40. The van der Waals surface area contributed by atoms with Crippen LogP contribution in [-0.2, 0) is 15.7 Å². The SMILES string of the molecule is COC(=O)[C@@H](NC(=O)Nc1cccc(C(F)(F)F)c1)C(C)C. The van der Waals surface area contributed by atoms with E-state index in [-0.39, 0.29) is 11.6 Å². The van der Waals surface area contributed by atoms with Gasteiger partial charge in [-0.1, -0.05) is 19.9 Å². The number of urea groups is 1. The van der Waals surface area contributed by atoms with Crippen molar-refractivity contribution in [3.05, 3.63) is 29.8 Å². The number of nitrogens with one attached hydrogen (secondary N) is 2. The van der Waals surface area contributed by atoms with Gasteiger partial charge in [0.05, 0.1) is 12.7 Å². The molecule has 2 amide bonds. The third-order valence-electron chi connectivity index (χ3n) is 2.86. The molecule has 0 aliphatic carbocycles. The Morgan fingerprint density at radius 3 is 2.36 bits per heavy atom. The highest BCUT2D eigenvalue weighted by atomic mass is 19.4. The number of esters is 1. The van der Waals surface area contributed by atoms with Gasteiger partial charge in [-0.25, -0.2) is 9.59 Å². The van der Waals surface area contributed by atoms with Gasteiger partial charge < -0.3 is 15.4 Å². The summed E-state index contributed by atoms with van der Waals surface area (Å²) in [5.74, 6) is -0.867. The molecule has 5 nitrogen and oxygen atoms in total. The van der Waals surface area contributed by atoms with Crippen LogP contribution >= 0.6 is 0 Å². The normalized spacial score (nSPS) is 12.7. The first-order valence-corrected chi connectivity index (χ1v) is 6.47. The fourth-order valence-electron chi connectivity index (χ4n) is 1.71. The molecule has 0 aliphatic rings. The molecule has 0 unspecified atom stereocenters. The molecule has 0 fully saturated rings. The van der Waals surface area contributed by atoms with Gasteiger partial charge in [-0.15, -0.1) is 0 Å². The van der Waals surface area contributed by atoms with E-state index in [2.05, 4.69) is 15.4 Å². The van der Waals surface area contributed by atoms with E-state index in [4.69, 9.17) is 0 Å². The maximum absolute atomic E-state index is 12.6. The topological polar surface area (TPSA) is 67.4 Å². The van der Waals surface area contributed by atoms with Crippen LogP contribution < -0.4 is 10.6 Å². The first-order valence-electron chi connectivity index (χ1n) is 6.47. The van der Waals surface area contributed by atoms with Crippen LogP contribution in [0.4, 0.5) is 23.7 Å². The minimum atomic E-state index is -4.50. The molecule has 1 aromatic rings. The van der Waals surface area contributed by atoms with Gasteiger partial charge in [0.15, 0.2) is 0 Å². The van der Waals surface area contributed by atoms with Crippen LogP contribution in [0.5, 0.6) is 0 Å². The molecule has 1 atom stereocenters. The molecular formula is C14H17F3N2O3. The van der Waals surface area contributed by atoms with E-state index in [1.54, 1.807) is 13.8 Å². The quantitative estimate of drug-likeness (QED) is 0.839. The van der Waals surface area contributed by atoms with Crippen molar-refractivity contribution in [1.29, 1.82) is 0 Å². The first kappa shape index (κ1) is 17.8. The molecule has 0 saturated heterocycles. The van der Waals surface area contributed by atoms with E-state index >= 15 is 0 Å². The number of amides is 2. The summed E-state index contributed by atoms with van der Waals surface area (Å²) in [7, 11) is 1.18. The molecule has 8 heteroatoms. The van der Waals surface area contributed by atoms with Crippen molar-refractivity contribution in [2.24, 2.45) is 5.92 Å². The number of rotatable bonds is 4. The molecule has 0 saturated carbocycles. The summed E-state index contributed by atoms with van der Waals surface area (Å²) in [5.41, 5.74) is -0.904. The minimum Gasteiger partial charge on any atom is -0.467 e. The Labute approximate surface area is 125 Å². The lowest BCUT2D eigenvalue weighted by Crippen LogP contribution is -2.46. The Hall–Kier alpha value is -2.25. The van der Waals surface area contributed by atoms with Crippen LogP contribution in [0.1, 0.15) is 19.4 Å². The van der Waals surface area contributed by atoms with Crippen LogP contribution in [0.25, 0.3) is 0 Å². The molecule has 2 N–H and O–H groups in total. The number of carbonyl (C=O) groups is 2. The van der Waals surface area contributed by atoms with E-state index in [1.807, 2.05) is 0 Å². The molecule has 0 radical (unpaired) electrons.